The molecular weight excluding hydrogens is 280 g/mol. The molecule has 0 aliphatic rings. The van der Waals surface area contributed by atoms with E-state index in [4.69, 9.17) is 5.11 Å². The minimum Gasteiger partial charge on any atom is -0.478 e. The van der Waals surface area contributed by atoms with Gasteiger partial charge in [-0.15, -0.1) is 11.8 Å². The average Bonchev–Trinajstić information content (AvgIpc) is 2.49. The summed E-state index contributed by atoms with van der Waals surface area (Å²) < 4.78 is 0. The summed E-state index contributed by atoms with van der Waals surface area (Å²) in [5, 5.41) is 9.12. The van der Waals surface area contributed by atoms with E-state index in [9.17, 15) is 4.79 Å². The standard InChI is InChI=1S/C18H20O2S/c1-14-10-11-16(13-17(14)18(19)20)21-12-6-5-9-15-7-3-2-4-8-15/h2-4,7-8,10-11,13H,5-6,9,12H2,1H3,(H,19,20). The number of aryl methyl sites for hydroxylation is 2. The maximum absolute atomic E-state index is 11.1. The Balaban J connectivity index is 1.76. The number of benzene rings is 2. The zero-order valence-corrected chi connectivity index (χ0v) is 13.0. The molecule has 2 nitrogen and oxygen atoms in total. The summed E-state index contributed by atoms with van der Waals surface area (Å²) >= 11 is 1.73. The van der Waals surface area contributed by atoms with Crippen LogP contribution < -0.4 is 0 Å². The first kappa shape index (κ1) is 15.6. The molecule has 2 aromatic carbocycles. The molecule has 0 heterocycles. The fourth-order valence-corrected chi connectivity index (χ4v) is 3.14. The second-order valence-electron chi connectivity index (χ2n) is 5.07. The molecule has 0 amide bonds. The summed E-state index contributed by atoms with van der Waals surface area (Å²) in [4.78, 5) is 12.1. The maximum atomic E-state index is 11.1. The van der Waals surface area contributed by atoms with Gasteiger partial charge in [0.1, 0.15) is 0 Å². The number of aromatic carboxylic acids is 1. The van der Waals surface area contributed by atoms with Crippen molar-refractivity contribution in [3.05, 3.63) is 65.2 Å². The summed E-state index contributed by atoms with van der Waals surface area (Å²) in [7, 11) is 0. The summed E-state index contributed by atoms with van der Waals surface area (Å²) in [5.41, 5.74) is 2.60. The summed E-state index contributed by atoms with van der Waals surface area (Å²) in [6.07, 6.45) is 3.40. The molecule has 2 rings (SSSR count). The Hall–Kier alpha value is -1.74. The van der Waals surface area contributed by atoms with E-state index in [1.165, 1.54) is 5.56 Å². The van der Waals surface area contributed by atoms with Crippen molar-refractivity contribution in [1.82, 2.24) is 0 Å². The third kappa shape index (κ3) is 4.94. The molecule has 2 aromatic rings. The van der Waals surface area contributed by atoms with Gasteiger partial charge in [-0.3, -0.25) is 0 Å². The third-order valence-electron chi connectivity index (χ3n) is 3.41. The van der Waals surface area contributed by atoms with Gasteiger partial charge in [0.05, 0.1) is 5.56 Å². The largest absolute Gasteiger partial charge is 0.478 e. The van der Waals surface area contributed by atoms with Crippen molar-refractivity contribution in [2.75, 3.05) is 5.75 Å². The molecule has 0 aliphatic carbocycles. The van der Waals surface area contributed by atoms with Crippen LogP contribution in [0.25, 0.3) is 0 Å². The minimum atomic E-state index is -0.848. The third-order valence-corrected chi connectivity index (χ3v) is 4.49. The number of hydrogen-bond donors (Lipinski definition) is 1. The minimum absolute atomic E-state index is 0.407. The van der Waals surface area contributed by atoms with Crippen LogP contribution in [0.1, 0.15) is 34.3 Å². The van der Waals surface area contributed by atoms with Crippen LogP contribution in [-0.2, 0) is 6.42 Å². The van der Waals surface area contributed by atoms with Gasteiger partial charge in [0.15, 0.2) is 0 Å². The summed E-state index contributed by atoms with van der Waals surface area (Å²) in [6.45, 7) is 1.83. The molecule has 0 saturated carbocycles. The predicted octanol–water partition coefficient (Wildman–Crippen LogP) is 4.81. The van der Waals surface area contributed by atoms with Gasteiger partial charge >= 0.3 is 5.97 Å². The zero-order valence-electron chi connectivity index (χ0n) is 12.2. The van der Waals surface area contributed by atoms with E-state index >= 15 is 0 Å². The van der Waals surface area contributed by atoms with Crippen LogP contribution in [-0.4, -0.2) is 16.8 Å². The van der Waals surface area contributed by atoms with Crippen molar-refractivity contribution in [2.45, 2.75) is 31.1 Å². The van der Waals surface area contributed by atoms with Gasteiger partial charge in [-0.1, -0.05) is 36.4 Å². The Labute approximate surface area is 130 Å². The van der Waals surface area contributed by atoms with Gasteiger partial charge < -0.3 is 5.11 Å². The van der Waals surface area contributed by atoms with Crippen molar-refractivity contribution in [3.8, 4) is 0 Å². The van der Waals surface area contributed by atoms with Crippen LogP contribution in [0.2, 0.25) is 0 Å². The van der Waals surface area contributed by atoms with E-state index in [2.05, 4.69) is 24.3 Å². The Morgan fingerprint density at radius 3 is 2.57 bits per heavy atom. The van der Waals surface area contributed by atoms with Crippen LogP contribution >= 0.6 is 11.8 Å². The lowest BCUT2D eigenvalue weighted by Gasteiger charge is -2.06. The van der Waals surface area contributed by atoms with E-state index in [0.717, 1.165) is 35.5 Å². The highest BCUT2D eigenvalue weighted by atomic mass is 32.2. The monoisotopic (exact) mass is 300 g/mol. The number of carboxylic acids is 1. The smallest absolute Gasteiger partial charge is 0.335 e. The van der Waals surface area contributed by atoms with Crippen LogP contribution in [0.4, 0.5) is 0 Å². The number of rotatable bonds is 7. The Bertz CT molecular complexity index is 593. The summed E-state index contributed by atoms with van der Waals surface area (Å²) in [6, 6.07) is 16.2. The molecule has 0 atom stereocenters. The SMILES string of the molecule is Cc1ccc(SCCCCc2ccccc2)cc1C(=O)O. The Morgan fingerprint density at radius 2 is 1.86 bits per heavy atom. The van der Waals surface area contributed by atoms with E-state index < -0.39 is 5.97 Å². The number of carbonyl (C=O) groups is 1. The second-order valence-corrected chi connectivity index (χ2v) is 6.24. The highest BCUT2D eigenvalue weighted by Crippen LogP contribution is 2.23. The molecular formula is C18H20O2S. The Morgan fingerprint density at radius 1 is 1.10 bits per heavy atom. The molecule has 110 valence electrons. The van der Waals surface area contributed by atoms with E-state index in [1.807, 2.05) is 25.1 Å². The lowest BCUT2D eigenvalue weighted by molar-refractivity contribution is 0.0696. The van der Waals surface area contributed by atoms with Crippen LogP contribution in [0.5, 0.6) is 0 Å². The lowest BCUT2D eigenvalue weighted by atomic mass is 10.1. The quantitative estimate of drug-likeness (QED) is 0.589. The summed E-state index contributed by atoms with van der Waals surface area (Å²) in [5.74, 6) is 0.175. The maximum Gasteiger partial charge on any atom is 0.335 e. The second kappa shape index (κ2) is 7.89. The van der Waals surface area contributed by atoms with Gasteiger partial charge in [-0.25, -0.2) is 4.79 Å². The van der Waals surface area contributed by atoms with E-state index in [0.29, 0.717) is 5.56 Å². The van der Waals surface area contributed by atoms with E-state index in [-0.39, 0.29) is 0 Å². The molecule has 3 heteroatoms. The molecule has 0 spiro atoms. The highest BCUT2D eigenvalue weighted by Gasteiger charge is 2.07. The van der Waals surface area contributed by atoms with Crippen LogP contribution in [0.3, 0.4) is 0 Å². The average molecular weight is 300 g/mol. The molecule has 0 unspecified atom stereocenters. The number of carboxylic acid groups (broad SMARTS) is 1. The molecule has 0 fully saturated rings. The normalized spacial score (nSPS) is 10.5. The molecule has 0 bridgehead atoms. The predicted molar refractivity (Wildman–Crippen MR) is 88.2 cm³/mol. The topological polar surface area (TPSA) is 37.3 Å². The fraction of sp³-hybridized carbons (Fsp3) is 0.278. The van der Waals surface area contributed by atoms with Crippen molar-refractivity contribution in [2.24, 2.45) is 0 Å². The molecule has 0 saturated heterocycles. The van der Waals surface area contributed by atoms with Gasteiger partial charge in [-0.05, 0) is 55.2 Å². The number of unbranched alkanes of at least 4 members (excludes halogenated alkanes) is 1. The van der Waals surface area contributed by atoms with Crippen LogP contribution in [0.15, 0.2) is 53.4 Å². The molecule has 21 heavy (non-hydrogen) atoms. The first-order valence-electron chi connectivity index (χ1n) is 7.17. The van der Waals surface area contributed by atoms with Crippen molar-refractivity contribution < 1.29 is 9.90 Å². The molecule has 0 aromatic heterocycles. The van der Waals surface area contributed by atoms with E-state index in [1.54, 1.807) is 17.8 Å². The van der Waals surface area contributed by atoms with Crippen molar-refractivity contribution >= 4 is 17.7 Å². The van der Waals surface area contributed by atoms with Gasteiger partial charge in [0.25, 0.3) is 0 Å². The first-order chi connectivity index (χ1) is 10.2. The molecule has 1 N–H and O–H groups in total. The van der Waals surface area contributed by atoms with Crippen molar-refractivity contribution in [1.29, 1.82) is 0 Å². The van der Waals surface area contributed by atoms with Crippen LogP contribution in [0, 0.1) is 6.92 Å². The molecule has 0 aliphatic heterocycles. The van der Waals surface area contributed by atoms with Gasteiger partial charge in [0.2, 0.25) is 0 Å². The zero-order chi connectivity index (χ0) is 15.1. The number of hydrogen-bond acceptors (Lipinski definition) is 2. The Kier molecular flexibility index (Phi) is 5.88. The number of thioether (sulfide) groups is 1. The first-order valence-corrected chi connectivity index (χ1v) is 8.16. The van der Waals surface area contributed by atoms with Crippen molar-refractivity contribution in [3.63, 3.8) is 0 Å². The van der Waals surface area contributed by atoms with Gasteiger partial charge in [-0.2, -0.15) is 0 Å². The lowest BCUT2D eigenvalue weighted by Crippen LogP contribution is -1.99. The van der Waals surface area contributed by atoms with Gasteiger partial charge in [0, 0.05) is 4.90 Å². The highest BCUT2D eigenvalue weighted by molar-refractivity contribution is 7.99. The molecule has 0 radical (unpaired) electrons. The fourth-order valence-electron chi connectivity index (χ4n) is 2.19.